The largest absolute Gasteiger partial charge is 0.495 e. The summed E-state index contributed by atoms with van der Waals surface area (Å²) < 4.78 is 6.76. The molecule has 0 unspecified atom stereocenters. The number of hydrogen-bond donors (Lipinski definition) is 2. The van der Waals surface area contributed by atoms with Crippen LogP contribution in [0.4, 0.5) is 11.4 Å². The first kappa shape index (κ1) is 13.9. The molecule has 0 aliphatic carbocycles. The Kier molecular flexibility index (Phi) is 3.93. The van der Waals surface area contributed by atoms with Gasteiger partial charge in [0.05, 0.1) is 18.5 Å². The van der Waals surface area contributed by atoms with Gasteiger partial charge in [-0.2, -0.15) is 5.10 Å². The minimum Gasteiger partial charge on any atom is -0.495 e. The van der Waals surface area contributed by atoms with Gasteiger partial charge >= 0.3 is 0 Å². The Morgan fingerprint density at radius 3 is 2.80 bits per heavy atom. The highest BCUT2D eigenvalue weighted by Gasteiger charge is 2.15. The SMILES string of the molecule is CCc1cc(C(=O)Nc2cc(N)ccc2OC)n(C)n1. The summed E-state index contributed by atoms with van der Waals surface area (Å²) in [6, 6.07) is 6.86. The fraction of sp³-hybridized carbons (Fsp3) is 0.286. The van der Waals surface area contributed by atoms with Crippen LogP contribution in [0.25, 0.3) is 0 Å². The number of methoxy groups -OCH3 is 1. The Hall–Kier alpha value is -2.50. The third kappa shape index (κ3) is 2.74. The van der Waals surface area contributed by atoms with E-state index in [4.69, 9.17) is 10.5 Å². The fourth-order valence-corrected chi connectivity index (χ4v) is 1.92. The van der Waals surface area contributed by atoms with Crippen LogP contribution in [0.2, 0.25) is 0 Å². The van der Waals surface area contributed by atoms with Crippen molar-refractivity contribution in [1.29, 1.82) is 0 Å². The van der Waals surface area contributed by atoms with E-state index >= 15 is 0 Å². The van der Waals surface area contributed by atoms with Crippen molar-refractivity contribution in [3.63, 3.8) is 0 Å². The first-order valence-corrected chi connectivity index (χ1v) is 6.33. The lowest BCUT2D eigenvalue weighted by molar-refractivity contribution is 0.101. The summed E-state index contributed by atoms with van der Waals surface area (Å²) in [5.74, 6) is 0.314. The third-order valence-corrected chi connectivity index (χ3v) is 3.00. The first-order chi connectivity index (χ1) is 9.55. The number of carbonyl (C=O) groups excluding carboxylic acids is 1. The Labute approximate surface area is 117 Å². The van der Waals surface area contributed by atoms with Gasteiger partial charge in [0.25, 0.3) is 5.91 Å². The molecular weight excluding hydrogens is 256 g/mol. The molecule has 0 aliphatic heterocycles. The maximum absolute atomic E-state index is 12.3. The number of benzene rings is 1. The van der Waals surface area contributed by atoms with Gasteiger partial charge in [-0.05, 0) is 30.7 Å². The van der Waals surface area contributed by atoms with Gasteiger partial charge in [-0.1, -0.05) is 6.92 Å². The number of aryl methyl sites for hydroxylation is 2. The van der Waals surface area contributed by atoms with E-state index in [1.165, 1.54) is 0 Å². The number of rotatable bonds is 4. The van der Waals surface area contributed by atoms with Crippen LogP contribution in [0.5, 0.6) is 5.75 Å². The molecule has 20 heavy (non-hydrogen) atoms. The second-order valence-corrected chi connectivity index (χ2v) is 4.41. The quantitative estimate of drug-likeness (QED) is 0.833. The second-order valence-electron chi connectivity index (χ2n) is 4.41. The number of carbonyl (C=O) groups is 1. The normalized spacial score (nSPS) is 10.3. The number of hydrogen-bond acceptors (Lipinski definition) is 4. The highest BCUT2D eigenvalue weighted by molar-refractivity contribution is 6.04. The highest BCUT2D eigenvalue weighted by atomic mass is 16.5. The highest BCUT2D eigenvalue weighted by Crippen LogP contribution is 2.27. The van der Waals surface area contributed by atoms with Crippen molar-refractivity contribution >= 4 is 17.3 Å². The molecule has 0 spiro atoms. The van der Waals surface area contributed by atoms with E-state index in [2.05, 4.69) is 10.4 Å². The van der Waals surface area contributed by atoms with Crippen molar-refractivity contribution in [2.45, 2.75) is 13.3 Å². The molecule has 3 N–H and O–H groups in total. The van der Waals surface area contributed by atoms with Crippen molar-refractivity contribution in [2.24, 2.45) is 7.05 Å². The summed E-state index contributed by atoms with van der Waals surface area (Å²) >= 11 is 0. The van der Waals surface area contributed by atoms with Crippen molar-refractivity contribution < 1.29 is 9.53 Å². The number of nitrogens with one attached hydrogen (secondary N) is 1. The lowest BCUT2D eigenvalue weighted by Crippen LogP contribution is -2.16. The molecule has 0 aliphatic rings. The van der Waals surface area contributed by atoms with E-state index in [1.807, 2.05) is 6.92 Å². The summed E-state index contributed by atoms with van der Waals surface area (Å²) in [4.78, 5) is 12.3. The van der Waals surface area contributed by atoms with Crippen LogP contribution < -0.4 is 15.8 Å². The summed E-state index contributed by atoms with van der Waals surface area (Å²) in [6.45, 7) is 1.99. The van der Waals surface area contributed by atoms with Crippen molar-refractivity contribution in [3.05, 3.63) is 35.7 Å². The van der Waals surface area contributed by atoms with E-state index in [0.29, 0.717) is 22.8 Å². The van der Waals surface area contributed by atoms with Crippen LogP contribution in [0, 0.1) is 0 Å². The molecule has 1 amide bonds. The Morgan fingerprint density at radius 1 is 1.45 bits per heavy atom. The number of nitrogens with zero attached hydrogens (tertiary/aromatic N) is 2. The first-order valence-electron chi connectivity index (χ1n) is 6.33. The Morgan fingerprint density at radius 2 is 2.20 bits per heavy atom. The number of nitrogen functional groups attached to an aromatic ring is 1. The maximum atomic E-state index is 12.3. The summed E-state index contributed by atoms with van der Waals surface area (Å²) in [6.07, 6.45) is 0.780. The molecule has 6 nitrogen and oxygen atoms in total. The average Bonchev–Trinajstić information content (AvgIpc) is 2.80. The molecule has 1 aromatic heterocycles. The molecule has 1 heterocycles. The predicted molar refractivity (Wildman–Crippen MR) is 77.9 cm³/mol. The van der Waals surface area contributed by atoms with E-state index in [0.717, 1.165) is 12.1 Å². The lowest BCUT2D eigenvalue weighted by atomic mass is 10.2. The molecule has 0 fully saturated rings. The summed E-state index contributed by atoms with van der Waals surface area (Å²) in [5, 5.41) is 7.04. The molecule has 0 atom stereocenters. The number of anilines is 2. The molecule has 0 bridgehead atoms. The number of nitrogens with two attached hydrogens (primary N) is 1. The van der Waals surface area contributed by atoms with E-state index in [-0.39, 0.29) is 5.91 Å². The second kappa shape index (κ2) is 5.64. The maximum Gasteiger partial charge on any atom is 0.274 e. The van der Waals surface area contributed by atoms with Gasteiger partial charge in [-0.25, -0.2) is 0 Å². The van der Waals surface area contributed by atoms with Crippen LogP contribution in [0.3, 0.4) is 0 Å². The molecule has 106 valence electrons. The van der Waals surface area contributed by atoms with Crippen LogP contribution in [0.1, 0.15) is 23.1 Å². The monoisotopic (exact) mass is 274 g/mol. The molecule has 0 saturated carbocycles. The molecule has 2 rings (SSSR count). The molecule has 0 radical (unpaired) electrons. The summed E-state index contributed by atoms with van der Waals surface area (Å²) in [5.41, 5.74) is 8.19. The molecular formula is C14H18N4O2. The van der Waals surface area contributed by atoms with E-state index in [9.17, 15) is 4.79 Å². The Bertz CT molecular complexity index is 634. The lowest BCUT2D eigenvalue weighted by Gasteiger charge is -2.10. The van der Waals surface area contributed by atoms with Gasteiger partial charge in [0, 0.05) is 12.7 Å². The number of amides is 1. The van der Waals surface area contributed by atoms with E-state index < -0.39 is 0 Å². The zero-order valence-electron chi connectivity index (χ0n) is 11.8. The number of ether oxygens (including phenoxy) is 1. The van der Waals surface area contributed by atoms with Gasteiger partial charge in [-0.15, -0.1) is 0 Å². The van der Waals surface area contributed by atoms with Crippen LogP contribution >= 0.6 is 0 Å². The van der Waals surface area contributed by atoms with Gasteiger partial charge in [0.1, 0.15) is 11.4 Å². The average molecular weight is 274 g/mol. The predicted octanol–water partition coefficient (Wildman–Crippen LogP) is 1.83. The minimum atomic E-state index is -0.247. The van der Waals surface area contributed by atoms with Gasteiger partial charge in [0.15, 0.2) is 0 Å². The van der Waals surface area contributed by atoms with Crippen molar-refractivity contribution in [2.75, 3.05) is 18.2 Å². The zero-order valence-corrected chi connectivity index (χ0v) is 11.8. The summed E-state index contributed by atoms with van der Waals surface area (Å²) in [7, 11) is 3.28. The smallest absolute Gasteiger partial charge is 0.274 e. The van der Waals surface area contributed by atoms with Crippen molar-refractivity contribution in [3.8, 4) is 5.75 Å². The Balaban J connectivity index is 2.27. The molecule has 2 aromatic rings. The fourth-order valence-electron chi connectivity index (χ4n) is 1.92. The van der Waals surface area contributed by atoms with Crippen molar-refractivity contribution in [1.82, 2.24) is 9.78 Å². The van der Waals surface area contributed by atoms with Crippen LogP contribution in [0.15, 0.2) is 24.3 Å². The third-order valence-electron chi connectivity index (χ3n) is 3.00. The van der Waals surface area contributed by atoms with E-state index in [1.54, 1.807) is 43.1 Å². The minimum absolute atomic E-state index is 0.247. The molecule has 0 saturated heterocycles. The van der Waals surface area contributed by atoms with Gasteiger partial charge in [0.2, 0.25) is 0 Å². The van der Waals surface area contributed by atoms with Crippen LogP contribution in [-0.4, -0.2) is 22.8 Å². The molecule has 6 heteroatoms. The van der Waals surface area contributed by atoms with Crippen LogP contribution in [-0.2, 0) is 13.5 Å². The standard InChI is InChI=1S/C14H18N4O2/c1-4-10-8-12(18(2)17-10)14(19)16-11-7-9(15)5-6-13(11)20-3/h5-8H,4,15H2,1-3H3,(H,16,19). The molecule has 1 aromatic carbocycles. The zero-order chi connectivity index (χ0) is 14.7. The van der Waals surface area contributed by atoms with Gasteiger partial charge in [-0.3, -0.25) is 9.48 Å². The number of aromatic nitrogens is 2. The topological polar surface area (TPSA) is 82.2 Å². The van der Waals surface area contributed by atoms with Gasteiger partial charge < -0.3 is 15.8 Å².